The number of aromatic carboxylic acids is 2. The lowest BCUT2D eigenvalue weighted by Crippen LogP contribution is -2.05. The first-order chi connectivity index (χ1) is 7.97. The highest BCUT2D eigenvalue weighted by atomic mass is 19.1. The molecule has 17 heavy (non-hydrogen) atoms. The predicted molar refractivity (Wildman–Crippen MR) is 55.4 cm³/mol. The Labute approximate surface area is 95.5 Å². The second kappa shape index (κ2) is 6.94. The van der Waals surface area contributed by atoms with Gasteiger partial charge >= 0.3 is 11.9 Å². The molecule has 1 amide bonds. The van der Waals surface area contributed by atoms with E-state index in [4.69, 9.17) is 15.0 Å². The van der Waals surface area contributed by atoms with Crippen LogP contribution in [0.3, 0.4) is 0 Å². The van der Waals surface area contributed by atoms with Crippen LogP contribution in [0.15, 0.2) is 18.2 Å². The Morgan fingerprint density at radius 1 is 1.29 bits per heavy atom. The second-order valence-electron chi connectivity index (χ2n) is 2.75. The number of hydrogen-bond donors (Lipinski definition) is 3. The summed E-state index contributed by atoms with van der Waals surface area (Å²) >= 11 is 0. The maximum absolute atomic E-state index is 12.3. The molecule has 0 saturated carbocycles. The molecule has 7 heteroatoms. The van der Waals surface area contributed by atoms with Gasteiger partial charge in [0.25, 0.3) is 0 Å². The van der Waals surface area contributed by atoms with Crippen molar-refractivity contribution in [2.75, 3.05) is 0 Å². The van der Waals surface area contributed by atoms with Crippen LogP contribution >= 0.6 is 0 Å². The number of carboxylic acid groups (broad SMARTS) is 2. The smallest absolute Gasteiger partial charge is 0.336 e. The summed E-state index contributed by atoms with van der Waals surface area (Å²) in [6.45, 7) is -0.929. The van der Waals surface area contributed by atoms with E-state index in [-0.39, 0.29) is 23.1 Å². The molecule has 0 aromatic heterocycles. The highest BCUT2D eigenvalue weighted by Crippen LogP contribution is 2.13. The summed E-state index contributed by atoms with van der Waals surface area (Å²) in [6, 6.07) is 3.27. The minimum atomic E-state index is -1.33. The van der Waals surface area contributed by atoms with Crippen molar-refractivity contribution >= 4 is 18.3 Å². The van der Waals surface area contributed by atoms with Gasteiger partial charge in [-0.25, -0.2) is 14.0 Å². The van der Waals surface area contributed by atoms with Gasteiger partial charge in [-0.2, -0.15) is 0 Å². The van der Waals surface area contributed by atoms with Crippen molar-refractivity contribution in [1.82, 2.24) is 0 Å². The number of carbonyl (C=O) groups is 3. The first kappa shape index (κ1) is 14.6. The third-order valence-electron chi connectivity index (χ3n) is 1.73. The predicted octanol–water partition coefficient (Wildman–Crippen LogP) is 0.654. The van der Waals surface area contributed by atoms with Crippen LogP contribution in [-0.4, -0.2) is 28.6 Å². The van der Waals surface area contributed by atoms with Crippen LogP contribution in [-0.2, 0) is 11.5 Å². The van der Waals surface area contributed by atoms with Crippen molar-refractivity contribution in [1.29, 1.82) is 0 Å². The van der Waals surface area contributed by atoms with Gasteiger partial charge in [0.1, 0.15) is 6.67 Å². The lowest BCUT2D eigenvalue weighted by atomic mass is 10.0. The number of carboxylic acids is 2. The molecule has 0 radical (unpaired) electrons. The number of primary amides is 1. The Balaban J connectivity index is 0.000000770. The van der Waals surface area contributed by atoms with Crippen molar-refractivity contribution in [3.05, 3.63) is 34.9 Å². The number of benzene rings is 1. The van der Waals surface area contributed by atoms with Gasteiger partial charge in [-0.1, -0.05) is 6.07 Å². The highest BCUT2D eigenvalue weighted by Gasteiger charge is 2.13. The van der Waals surface area contributed by atoms with E-state index in [9.17, 15) is 14.0 Å². The molecule has 1 aromatic carbocycles. The molecule has 0 atom stereocenters. The van der Waals surface area contributed by atoms with Gasteiger partial charge in [-0.15, -0.1) is 0 Å². The van der Waals surface area contributed by atoms with E-state index in [1.807, 2.05) is 0 Å². The molecular formula is C10H10FNO5. The van der Waals surface area contributed by atoms with Gasteiger partial charge in [0.2, 0.25) is 6.41 Å². The fourth-order valence-electron chi connectivity index (χ4n) is 1.03. The summed E-state index contributed by atoms with van der Waals surface area (Å²) in [5.41, 5.74) is 3.66. The normalized spacial score (nSPS) is 8.76. The Hall–Kier alpha value is -2.44. The summed E-state index contributed by atoms with van der Waals surface area (Å²) in [7, 11) is 0. The van der Waals surface area contributed by atoms with Crippen molar-refractivity contribution < 1.29 is 29.0 Å². The quantitative estimate of drug-likeness (QED) is 0.674. The maximum Gasteiger partial charge on any atom is 0.336 e. The fraction of sp³-hybridized carbons (Fsp3) is 0.100. The molecule has 92 valence electrons. The van der Waals surface area contributed by atoms with E-state index in [1.54, 1.807) is 0 Å². The third kappa shape index (κ3) is 4.29. The van der Waals surface area contributed by atoms with Crippen LogP contribution in [0.4, 0.5) is 4.39 Å². The van der Waals surface area contributed by atoms with E-state index in [1.165, 1.54) is 6.07 Å². The van der Waals surface area contributed by atoms with E-state index in [0.717, 1.165) is 12.1 Å². The van der Waals surface area contributed by atoms with Crippen LogP contribution in [0, 0.1) is 0 Å². The Morgan fingerprint density at radius 2 is 1.82 bits per heavy atom. The number of alkyl halides is 1. The van der Waals surface area contributed by atoms with E-state index >= 15 is 0 Å². The first-order valence-electron chi connectivity index (χ1n) is 4.28. The molecule has 6 nitrogen and oxygen atoms in total. The summed E-state index contributed by atoms with van der Waals surface area (Å²) < 4.78 is 12.3. The second-order valence-corrected chi connectivity index (χ2v) is 2.75. The first-order valence-corrected chi connectivity index (χ1v) is 4.28. The zero-order chi connectivity index (χ0) is 13.4. The van der Waals surface area contributed by atoms with Gasteiger partial charge in [0.15, 0.2) is 0 Å². The average Bonchev–Trinajstić information content (AvgIpc) is 2.29. The van der Waals surface area contributed by atoms with E-state index < -0.39 is 18.6 Å². The number of halogens is 1. The largest absolute Gasteiger partial charge is 0.478 e. The van der Waals surface area contributed by atoms with Crippen LogP contribution < -0.4 is 5.73 Å². The van der Waals surface area contributed by atoms with Crippen molar-refractivity contribution in [2.45, 2.75) is 6.67 Å². The summed E-state index contributed by atoms with van der Waals surface area (Å²) in [5, 5.41) is 17.2. The minimum Gasteiger partial charge on any atom is -0.478 e. The SMILES string of the molecule is NC=O.O=C(O)c1ccc(CF)c(C(=O)O)c1. The zero-order valence-corrected chi connectivity index (χ0v) is 8.59. The van der Waals surface area contributed by atoms with Crippen molar-refractivity contribution in [2.24, 2.45) is 5.73 Å². The van der Waals surface area contributed by atoms with Crippen molar-refractivity contribution in [3.63, 3.8) is 0 Å². The van der Waals surface area contributed by atoms with Crippen LogP contribution in [0.5, 0.6) is 0 Å². The van der Waals surface area contributed by atoms with Gasteiger partial charge in [0.05, 0.1) is 11.1 Å². The van der Waals surface area contributed by atoms with Gasteiger partial charge in [-0.05, 0) is 17.7 Å². The van der Waals surface area contributed by atoms with Crippen molar-refractivity contribution in [3.8, 4) is 0 Å². The van der Waals surface area contributed by atoms with Crippen LogP contribution in [0.25, 0.3) is 0 Å². The lowest BCUT2D eigenvalue weighted by Gasteiger charge is -2.02. The van der Waals surface area contributed by atoms with Gasteiger partial charge in [0, 0.05) is 0 Å². The Morgan fingerprint density at radius 3 is 2.18 bits per heavy atom. The molecule has 0 saturated heterocycles. The van der Waals surface area contributed by atoms with Crippen LogP contribution in [0.2, 0.25) is 0 Å². The molecule has 1 aromatic rings. The zero-order valence-electron chi connectivity index (χ0n) is 8.59. The van der Waals surface area contributed by atoms with E-state index in [0.29, 0.717) is 0 Å². The topological polar surface area (TPSA) is 118 Å². The molecular weight excluding hydrogens is 233 g/mol. The Kier molecular flexibility index (Phi) is 5.94. The fourth-order valence-corrected chi connectivity index (χ4v) is 1.03. The molecule has 0 unspecified atom stereocenters. The molecule has 0 aliphatic carbocycles. The number of amides is 1. The summed E-state index contributed by atoms with van der Waals surface area (Å²) in [4.78, 5) is 29.7. The molecule has 0 fully saturated rings. The van der Waals surface area contributed by atoms with Gasteiger partial charge in [-0.3, -0.25) is 4.79 Å². The maximum atomic E-state index is 12.3. The third-order valence-corrected chi connectivity index (χ3v) is 1.73. The molecule has 1 rings (SSSR count). The molecule has 0 heterocycles. The molecule has 0 aliphatic rings. The number of carbonyl (C=O) groups excluding carboxylic acids is 1. The minimum absolute atomic E-state index is 0.0255. The standard InChI is InChI=1S/C9H7FO4.CH3NO/c10-4-6-2-1-5(8(11)12)3-7(6)9(13)14;2-1-3/h1-3H,4H2,(H,11,12)(H,13,14);1H,(H2,2,3). The van der Waals surface area contributed by atoms with Gasteiger partial charge < -0.3 is 15.9 Å². The summed E-state index contributed by atoms with van der Waals surface area (Å²) in [6.07, 6.45) is 0.250. The lowest BCUT2D eigenvalue weighted by molar-refractivity contribution is -0.106. The molecule has 4 N–H and O–H groups in total. The van der Waals surface area contributed by atoms with E-state index in [2.05, 4.69) is 5.73 Å². The molecule has 0 bridgehead atoms. The molecule has 0 aliphatic heterocycles. The average molecular weight is 243 g/mol. The number of rotatable bonds is 3. The number of hydrogen-bond acceptors (Lipinski definition) is 3. The number of nitrogens with two attached hydrogens (primary N) is 1. The monoisotopic (exact) mass is 243 g/mol. The molecule has 0 spiro atoms. The summed E-state index contributed by atoms with van der Waals surface area (Å²) in [5.74, 6) is -2.57. The Bertz CT molecular complexity index is 433. The highest BCUT2D eigenvalue weighted by molar-refractivity contribution is 5.94. The van der Waals surface area contributed by atoms with Crippen LogP contribution in [0.1, 0.15) is 26.3 Å².